The molecule has 5 N–H and O–H groups in total. The molecule has 9 nitrogen and oxygen atoms in total. The minimum atomic E-state index is -2.59. The lowest BCUT2D eigenvalue weighted by molar-refractivity contribution is -0.124. The molecule has 0 bridgehead atoms. The Morgan fingerprint density at radius 3 is 2.81 bits per heavy atom. The number of carbonyl (C=O) groups excluding carboxylic acids is 2. The third kappa shape index (κ3) is 5.05. The Balaban J connectivity index is 1.84. The largest absolute Gasteiger partial charge is 0.487 e. The lowest BCUT2D eigenvalue weighted by atomic mass is 9.97. The van der Waals surface area contributed by atoms with Crippen molar-refractivity contribution in [2.75, 3.05) is 26.4 Å². The highest BCUT2D eigenvalue weighted by atomic mass is 19.3. The second kappa shape index (κ2) is 9.77. The van der Waals surface area contributed by atoms with Crippen LogP contribution < -0.4 is 21.5 Å². The van der Waals surface area contributed by atoms with Crippen molar-refractivity contribution >= 4 is 28.5 Å². The van der Waals surface area contributed by atoms with E-state index < -0.39 is 30.3 Å². The van der Waals surface area contributed by atoms with Gasteiger partial charge < -0.3 is 30.7 Å². The van der Waals surface area contributed by atoms with Crippen molar-refractivity contribution < 1.29 is 32.3 Å². The number of nitrogens with one attached hydrogen (secondary N) is 1. The molecule has 1 fully saturated rings. The molecule has 11 heteroatoms. The molecular formula is C21H24F2N4O5. The fourth-order valence-corrected chi connectivity index (χ4v) is 3.37. The van der Waals surface area contributed by atoms with Crippen molar-refractivity contribution in [3.63, 3.8) is 0 Å². The van der Waals surface area contributed by atoms with Gasteiger partial charge in [0.05, 0.1) is 17.9 Å². The zero-order chi connectivity index (χ0) is 23.3. The van der Waals surface area contributed by atoms with Gasteiger partial charge in [-0.2, -0.15) is 0 Å². The molecule has 172 valence electrons. The molecule has 2 heterocycles. The number of amides is 2. The maximum Gasteiger partial charge on any atom is 0.257 e. The Hall–Kier alpha value is -3.47. The van der Waals surface area contributed by atoms with Gasteiger partial charge in [0, 0.05) is 18.4 Å². The number of hydrogen-bond acceptors (Lipinski definition) is 7. The number of ether oxygens (including phenoxy) is 2. The maximum absolute atomic E-state index is 13.0. The Kier molecular flexibility index (Phi) is 7.08. The predicted molar refractivity (Wildman–Crippen MR) is 113 cm³/mol. The van der Waals surface area contributed by atoms with Gasteiger partial charge in [0.15, 0.2) is 0 Å². The number of rotatable bonds is 9. The molecule has 0 aliphatic carbocycles. The SMILES string of the molecule is Cc1oc2ccc(OCC(/C=C\N)=NCC(F)F)cc2c1C(=O)NC1(C(N)=O)CCOC1. The number of nitrogens with zero attached hydrogens (tertiary/aromatic N) is 1. The van der Waals surface area contributed by atoms with Crippen molar-refractivity contribution in [2.24, 2.45) is 16.5 Å². The summed E-state index contributed by atoms with van der Waals surface area (Å²) in [5, 5.41) is 3.14. The molecule has 1 aromatic carbocycles. The van der Waals surface area contributed by atoms with Gasteiger partial charge >= 0.3 is 0 Å². The van der Waals surface area contributed by atoms with Crippen molar-refractivity contribution in [1.29, 1.82) is 0 Å². The van der Waals surface area contributed by atoms with Crippen molar-refractivity contribution in [2.45, 2.75) is 25.3 Å². The number of furan rings is 1. The van der Waals surface area contributed by atoms with Gasteiger partial charge in [-0.15, -0.1) is 0 Å². The first-order chi connectivity index (χ1) is 15.3. The van der Waals surface area contributed by atoms with Gasteiger partial charge in [0.25, 0.3) is 12.3 Å². The number of aryl methyl sites for hydroxylation is 1. The van der Waals surface area contributed by atoms with Crippen LogP contribution in [0.15, 0.2) is 39.9 Å². The van der Waals surface area contributed by atoms with Crippen molar-refractivity contribution in [3.05, 3.63) is 41.8 Å². The number of carbonyl (C=O) groups is 2. The van der Waals surface area contributed by atoms with E-state index in [-0.39, 0.29) is 30.9 Å². The molecule has 1 aliphatic rings. The van der Waals surface area contributed by atoms with Crippen LogP contribution in [0.25, 0.3) is 11.0 Å². The Labute approximate surface area is 182 Å². The number of fused-ring (bicyclic) bond motifs is 1. The van der Waals surface area contributed by atoms with E-state index in [0.29, 0.717) is 29.1 Å². The highest BCUT2D eigenvalue weighted by Crippen LogP contribution is 2.30. The molecule has 3 rings (SSSR count). The van der Waals surface area contributed by atoms with Crippen LogP contribution in [0, 0.1) is 6.92 Å². The van der Waals surface area contributed by atoms with Gasteiger partial charge in [-0.1, -0.05) is 0 Å². The van der Waals surface area contributed by atoms with Crippen molar-refractivity contribution in [3.8, 4) is 5.75 Å². The third-order valence-electron chi connectivity index (χ3n) is 5.02. The average Bonchev–Trinajstić information content (AvgIpc) is 3.34. The van der Waals surface area contributed by atoms with Gasteiger partial charge in [0.1, 0.15) is 35.8 Å². The molecule has 0 saturated carbocycles. The van der Waals surface area contributed by atoms with E-state index in [2.05, 4.69) is 10.3 Å². The van der Waals surface area contributed by atoms with Crippen LogP contribution in [0.4, 0.5) is 8.78 Å². The minimum Gasteiger partial charge on any atom is -0.487 e. The van der Waals surface area contributed by atoms with Crippen LogP contribution in [-0.4, -0.2) is 55.9 Å². The van der Waals surface area contributed by atoms with Crippen molar-refractivity contribution in [1.82, 2.24) is 5.32 Å². The summed E-state index contributed by atoms with van der Waals surface area (Å²) in [6.07, 6.45) is 0.234. The molecule has 32 heavy (non-hydrogen) atoms. The monoisotopic (exact) mass is 450 g/mol. The molecule has 1 aromatic heterocycles. The summed E-state index contributed by atoms with van der Waals surface area (Å²) in [4.78, 5) is 28.7. The van der Waals surface area contributed by atoms with E-state index in [1.807, 2.05) is 0 Å². The summed E-state index contributed by atoms with van der Waals surface area (Å²) in [7, 11) is 0. The van der Waals surface area contributed by atoms with E-state index in [0.717, 1.165) is 0 Å². The summed E-state index contributed by atoms with van der Waals surface area (Å²) >= 11 is 0. The fraction of sp³-hybridized carbons (Fsp3) is 0.381. The summed E-state index contributed by atoms with van der Waals surface area (Å²) in [6, 6.07) is 4.81. The van der Waals surface area contributed by atoms with Crippen LogP contribution in [0.1, 0.15) is 22.5 Å². The third-order valence-corrected chi connectivity index (χ3v) is 5.02. The quantitative estimate of drug-likeness (QED) is 0.496. The summed E-state index contributed by atoms with van der Waals surface area (Å²) in [6.45, 7) is 1.15. The molecule has 2 amide bonds. The normalized spacial score (nSPS) is 19.2. The summed E-state index contributed by atoms with van der Waals surface area (Å²) in [5.74, 6) is -0.510. The first kappa shape index (κ1) is 23.2. The number of primary amides is 1. The lowest BCUT2D eigenvalue weighted by Gasteiger charge is -2.24. The standard InChI is InChI=1S/C21H24F2N4O5/c1-12-18(19(28)27-21(20(25)29)5-7-30-11-21)15-8-14(2-3-16(15)32-12)31-10-13(4-6-24)26-9-17(22)23/h2-4,6,8,17H,5,7,9-11,24H2,1H3,(H2,25,29)(H,27,28)/b6-4-,26-13?. The molecule has 1 atom stereocenters. The maximum atomic E-state index is 13.0. The first-order valence-electron chi connectivity index (χ1n) is 9.81. The van der Waals surface area contributed by atoms with Gasteiger partial charge in [-0.25, -0.2) is 8.78 Å². The number of hydrogen-bond donors (Lipinski definition) is 3. The van der Waals surface area contributed by atoms with Crippen LogP contribution in [-0.2, 0) is 9.53 Å². The number of aliphatic imine (C=N–C) groups is 1. The van der Waals surface area contributed by atoms with Gasteiger partial charge in [-0.3, -0.25) is 14.6 Å². The number of alkyl halides is 2. The number of halogens is 2. The zero-order valence-corrected chi connectivity index (χ0v) is 17.4. The smallest absolute Gasteiger partial charge is 0.257 e. The number of benzene rings is 1. The first-order valence-corrected chi connectivity index (χ1v) is 9.81. The van der Waals surface area contributed by atoms with E-state index >= 15 is 0 Å². The highest BCUT2D eigenvalue weighted by molar-refractivity contribution is 6.09. The van der Waals surface area contributed by atoms with E-state index in [1.165, 1.54) is 12.3 Å². The molecule has 2 aromatic rings. The van der Waals surface area contributed by atoms with Crippen LogP contribution in [0.3, 0.4) is 0 Å². The number of nitrogens with two attached hydrogens (primary N) is 2. The molecule has 0 spiro atoms. The average molecular weight is 450 g/mol. The molecule has 0 radical (unpaired) electrons. The molecular weight excluding hydrogens is 426 g/mol. The summed E-state index contributed by atoms with van der Waals surface area (Å²) in [5.41, 5.74) is 10.4. The summed E-state index contributed by atoms with van der Waals surface area (Å²) < 4.78 is 41.4. The second-order valence-electron chi connectivity index (χ2n) is 7.27. The molecule has 1 aliphatic heterocycles. The molecule has 1 saturated heterocycles. The van der Waals surface area contributed by atoms with Crippen LogP contribution in [0.2, 0.25) is 0 Å². The Morgan fingerprint density at radius 1 is 1.41 bits per heavy atom. The highest BCUT2D eigenvalue weighted by Gasteiger charge is 2.43. The second-order valence-corrected chi connectivity index (χ2v) is 7.27. The Morgan fingerprint density at radius 2 is 2.19 bits per heavy atom. The van der Waals surface area contributed by atoms with E-state index in [9.17, 15) is 18.4 Å². The van der Waals surface area contributed by atoms with E-state index in [4.69, 9.17) is 25.4 Å². The lowest BCUT2D eigenvalue weighted by Crippen LogP contribution is -2.58. The predicted octanol–water partition coefficient (Wildman–Crippen LogP) is 1.67. The van der Waals surface area contributed by atoms with Crippen LogP contribution in [0.5, 0.6) is 5.75 Å². The topological polar surface area (TPSA) is 142 Å². The van der Waals surface area contributed by atoms with E-state index in [1.54, 1.807) is 25.1 Å². The van der Waals surface area contributed by atoms with Gasteiger partial charge in [0.2, 0.25) is 5.91 Å². The van der Waals surface area contributed by atoms with Crippen LogP contribution >= 0.6 is 0 Å². The zero-order valence-electron chi connectivity index (χ0n) is 17.4. The fourth-order valence-electron chi connectivity index (χ4n) is 3.37. The molecule has 1 unspecified atom stereocenters. The minimum absolute atomic E-state index is 0.00729. The Bertz CT molecular complexity index is 1060. The van der Waals surface area contributed by atoms with Gasteiger partial charge in [-0.05, 0) is 37.4 Å².